The van der Waals surface area contributed by atoms with Gasteiger partial charge in [0, 0.05) is 18.4 Å². The second-order valence-electron chi connectivity index (χ2n) is 6.02. The lowest BCUT2D eigenvalue weighted by molar-refractivity contribution is 0.0445. The van der Waals surface area contributed by atoms with Gasteiger partial charge in [0.2, 0.25) is 0 Å². The van der Waals surface area contributed by atoms with Gasteiger partial charge in [-0.1, -0.05) is 11.6 Å². The molecular weight excluding hydrogens is 310 g/mol. The normalized spacial score (nSPS) is 14.1. The van der Waals surface area contributed by atoms with Crippen molar-refractivity contribution < 1.29 is 14.6 Å². The van der Waals surface area contributed by atoms with Crippen LogP contribution in [-0.4, -0.2) is 28.4 Å². The van der Waals surface area contributed by atoms with E-state index in [1.807, 2.05) is 0 Å². The molecule has 0 radical (unpaired) electrons. The Morgan fingerprint density at radius 2 is 2.09 bits per heavy atom. The average molecular weight is 330 g/mol. The van der Waals surface area contributed by atoms with Crippen molar-refractivity contribution in [3.05, 3.63) is 27.9 Å². The topological polar surface area (TPSA) is 101 Å². The van der Waals surface area contributed by atoms with Gasteiger partial charge in [-0.3, -0.25) is 0 Å². The maximum Gasteiger partial charge on any atom is 0.408 e. The molecule has 1 atom stereocenters. The number of alkyl carbamates (subject to hydrolysis) is 1. The fraction of sp³-hybridized carbons (Fsp3) is 0.571. The van der Waals surface area contributed by atoms with E-state index in [9.17, 15) is 14.8 Å². The zero-order valence-electron chi connectivity index (χ0n) is 13.0. The maximum atomic E-state index is 12.0. The first-order valence-corrected chi connectivity index (χ1v) is 7.11. The number of hydrogen-bond acceptors (Lipinski definition) is 6. The smallest absolute Gasteiger partial charge is 0.408 e. The molecule has 1 rings (SSSR count). The Morgan fingerprint density at radius 1 is 1.45 bits per heavy atom. The Kier molecular flexibility index (Phi) is 5.85. The van der Waals surface area contributed by atoms with Crippen LogP contribution in [0.3, 0.4) is 0 Å². The summed E-state index contributed by atoms with van der Waals surface area (Å²) in [5.74, 6) is 0. The molecule has 1 aromatic heterocycles. The van der Waals surface area contributed by atoms with E-state index in [2.05, 4.69) is 15.5 Å². The zero-order chi connectivity index (χ0) is 17.0. The van der Waals surface area contributed by atoms with Crippen molar-refractivity contribution in [3.8, 4) is 0 Å². The summed E-state index contributed by atoms with van der Waals surface area (Å²) in [5.41, 5.74) is -1.46. The Bertz CT molecular complexity index is 560. The third-order valence-electron chi connectivity index (χ3n) is 2.95. The number of hydrogen-bond donors (Lipinski definition) is 2. The number of carbonyl (C=O) groups is 1. The summed E-state index contributed by atoms with van der Waals surface area (Å²) in [6.45, 7) is 6.63. The van der Waals surface area contributed by atoms with Gasteiger partial charge >= 0.3 is 6.09 Å². The molecule has 0 saturated carbocycles. The molecule has 0 fully saturated rings. The molecule has 7 nitrogen and oxygen atoms in total. The van der Waals surface area contributed by atoms with E-state index in [1.165, 1.54) is 12.3 Å². The van der Waals surface area contributed by atoms with Crippen LogP contribution in [0.25, 0.3) is 0 Å². The minimum Gasteiger partial charge on any atom is -0.444 e. The number of pyridine rings is 1. The number of rotatable bonds is 5. The summed E-state index contributed by atoms with van der Waals surface area (Å²) in [7, 11) is 0. The van der Waals surface area contributed by atoms with Gasteiger partial charge in [-0.2, -0.15) is 0 Å². The summed E-state index contributed by atoms with van der Waals surface area (Å²) < 4.78 is 5.22. The summed E-state index contributed by atoms with van der Waals surface area (Å²) >= 11 is 5.87. The zero-order valence-corrected chi connectivity index (χ0v) is 13.8. The largest absolute Gasteiger partial charge is 0.444 e. The minimum atomic E-state index is -1.08. The molecule has 0 aliphatic carbocycles. The van der Waals surface area contributed by atoms with Crippen LogP contribution in [0.1, 0.15) is 39.7 Å². The minimum absolute atomic E-state index is 0.0670. The van der Waals surface area contributed by atoms with E-state index in [0.29, 0.717) is 5.56 Å². The molecule has 0 aliphatic rings. The van der Waals surface area contributed by atoms with Gasteiger partial charge in [-0.05, 0) is 45.4 Å². The molecule has 0 aromatic carbocycles. The lowest BCUT2D eigenvalue weighted by atomic mass is 9.88. The highest BCUT2D eigenvalue weighted by Gasteiger charge is 2.34. The summed E-state index contributed by atoms with van der Waals surface area (Å²) in [6, 6.07) is 1.52. The van der Waals surface area contributed by atoms with Crippen LogP contribution in [0.15, 0.2) is 17.4 Å². The lowest BCUT2D eigenvalue weighted by Crippen LogP contribution is -2.46. The van der Waals surface area contributed by atoms with Crippen LogP contribution in [0, 0.1) is 4.91 Å². The van der Waals surface area contributed by atoms with Crippen molar-refractivity contribution in [2.75, 3.05) is 6.61 Å². The second-order valence-corrected chi connectivity index (χ2v) is 6.38. The number of nitroso groups, excluding NO2 is 1. The van der Waals surface area contributed by atoms with Gasteiger partial charge in [0.15, 0.2) is 10.8 Å². The van der Waals surface area contributed by atoms with Gasteiger partial charge in [0.1, 0.15) is 5.60 Å². The van der Waals surface area contributed by atoms with Crippen LogP contribution >= 0.6 is 11.6 Å². The Labute approximate surface area is 134 Å². The summed E-state index contributed by atoms with van der Waals surface area (Å²) in [6.07, 6.45) is 0.877. The SMILES string of the molecule is CC(C)(C)OC(=O)N[C@@](C)(CCO)c1ccnc(Cl)c1N=O. The molecule has 22 heavy (non-hydrogen) atoms. The molecule has 1 heterocycles. The van der Waals surface area contributed by atoms with Crippen LogP contribution in [0.2, 0.25) is 5.15 Å². The maximum absolute atomic E-state index is 12.0. The molecule has 122 valence electrons. The van der Waals surface area contributed by atoms with E-state index >= 15 is 0 Å². The van der Waals surface area contributed by atoms with Gasteiger partial charge in [0.05, 0.1) is 5.54 Å². The van der Waals surface area contributed by atoms with E-state index < -0.39 is 17.2 Å². The van der Waals surface area contributed by atoms with Crippen molar-refractivity contribution in [2.24, 2.45) is 5.18 Å². The molecule has 0 aliphatic heterocycles. The van der Waals surface area contributed by atoms with Crippen LogP contribution < -0.4 is 5.32 Å². The predicted molar refractivity (Wildman–Crippen MR) is 83.1 cm³/mol. The van der Waals surface area contributed by atoms with Crippen LogP contribution in [0.5, 0.6) is 0 Å². The molecule has 2 N–H and O–H groups in total. The van der Waals surface area contributed by atoms with Crippen molar-refractivity contribution in [1.82, 2.24) is 10.3 Å². The molecule has 0 spiro atoms. The highest BCUT2D eigenvalue weighted by molar-refractivity contribution is 6.31. The van der Waals surface area contributed by atoms with Crippen molar-refractivity contribution >= 4 is 23.4 Å². The van der Waals surface area contributed by atoms with Gasteiger partial charge < -0.3 is 15.2 Å². The van der Waals surface area contributed by atoms with Crippen LogP contribution in [-0.2, 0) is 10.3 Å². The van der Waals surface area contributed by atoms with Crippen molar-refractivity contribution in [3.63, 3.8) is 0 Å². The molecule has 1 amide bonds. The van der Waals surface area contributed by atoms with Gasteiger partial charge in [-0.15, -0.1) is 4.91 Å². The fourth-order valence-corrected chi connectivity index (χ4v) is 2.17. The first-order chi connectivity index (χ1) is 10.1. The Balaban J connectivity index is 3.19. The molecule has 0 saturated heterocycles. The molecule has 1 aromatic rings. The van der Waals surface area contributed by atoms with E-state index in [1.54, 1.807) is 27.7 Å². The number of carbonyl (C=O) groups excluding carboxylic acids is 1. The number of nitrogens with one attached hydrogen (secondary N) is 1. The van der Waals surface area contributed by atoms with Gasteiger partial charge in [0.25, 0.3) is 0 Å². The molecule has 8 heteroatoms. The Morgan fingerprint density at radius 3 is 2.59 bits per heavy atom. The first kappa shape index (κ1) is 18.3. The number of nitrogens with zero attached hydrogens (tertiary/aromatic N) is 2. The number of aromatic nitrogens is 1. The van der Waals surface area contributed by atoms with E-state index in [4.69, 9.17) is 16.3 Å². The molecular formula is C14H20ClN3O4. The molecule has 0 bridgehead atoms. The lowest BCUT2D eigenvalue weighted by Gasteiger charge is -2.32. The summed E-state index contributed by atoms with van der Waals surface area (Å²) in [4.78, 5) is 26.9. The fourth-order valence-electron chi connectivity index (χ4n) is 1.98. The number of aliphatic hydroxyl groups is 1. The second kappa shape index (κ2) is 7.02. The van der Waals surface area contributed by atoms with Crippen LogP contribution in [0.4, 0.5) is 10.5 Å². The summed E-state index contributed by atoms with van der Waals surface area (Å²) in [5, 5.41) is 14.8. The number of ether oxygens (including phenoxy) is 1. The Hall–Kier alpha value is -1.73. The van der Waals surface area contributed by atoms with E-state index in [0.717, 1.165) is 0 Å². The van der Waals surface area contributed by atoms with Crippen molar-refractivity contribution in [2.45, 2.75) is 45.3 Å². The average Bonchev–Trinajstić information content (AvgIpc) is 2.36. The first-order valence-electron chi connectivity index (χ1n) is 6.73. The van der Waals surface area contributed by atoms with Gasteiger partial charge in [-0.25, -0.2) is 9.78 Å². The number of halogens is 1. The third-order valence-corrected chi connectivity index (χ3v) is 3.23. The standard InChI is InChI=1S/C14H20ClN3O4/c1-13(2,3)22-12(20)17-14(4,6-8-19)9-5-7-16-11(15)10(9)18-21/h5,7,19H,6,8H2,1-4H3,(H,17,20)/t14-/m0/s1. The number of amides is 1. The number of aliphatic hydroxyl groups excluding tert-OH is 1. The highest BCUT2D eigenvalue weighted by Crippen LogP contribution is 2.36. The quantitative estimate of drug-likeness (QED) is 0.637. The highest BCUT2D eigenvalue weighted by atomic mass is 35.5. The molecule has 0 unspecified atom stereocenters. The van der Waals surface area contributed by atoms with E-state index in [-0.39, 0.29) is 23.9 Å². The predicted octanol–water partition coefficient (Wildman–Crippen LogP) is 3.26. The monoisotopic (exact) mass is 329 g/mol. The third kappa shape index (κ3) is 4.64. The van der Waals surface area contributed by atoms with Crippen molar-refractivity contribution in [1.29, 1.82) is 0 Å².